The second-order valence-corrected chi connectivity index (χ2v) is 4.85. The van der Waals surface area contributed by atoms with Crippen molar-refractivity contribution in [2.75, 3.05) is 0 Å². The van der Waals surface area contributed by atoms with Gasteiger partial charge in [-0.25, -0.2) is 4.98 Å². The summed E-state index contributed by atoms with van der Waals surface area (Å²) in [4.78, 5) is 5.40. The van der Waals surface area contributed by atoms with Crippen LogP contribution in [0.1, 0.15) is 0 Å². The molecule has 0 saturated carbocycles. The third kappa shape index (κ3) is 1.18. The summed E-state index contributed by atoms with van der Waals surface area (Å²) in [5, 5.41) is 10.8. The Morgan fingerprint density at radius 2 is 1.76 bits per heavy atom. The lowest BCUT2D eigenvalue weighted by Gasteiger charge is -1.95. The average molecular weight is 237 g/mol. The van der Waals surface area contributed by atoms with E-state index in [1.807, 2.05) is 36.5 Å². The SMILES string of the molecule is c1ccc2c(c1)nnc1c3cccnc3sc21. The lowest BCUT2D eigenvalue weighted by atomic mass is 10.2. The van der Waals surface area contributed by atoms with Crippen molar-refractivity contribution < 1.29 is 0 Å². The summed E-state index contributed by atoms with van der Waals surface area (Å²) >= 11 is 1.68. The van der Waals surface area contributed by atoms with E-state index < -0.39 is 0 Å². The zero-order valence-corrected chi connectivity index (χ0v) is 9.61. The molecule has 0 aliphatic heterocycles. The fourth-order valence-corrected chi connectivity index (χ4v) is 3.17. The molecule has 3 heterocycles. The van der Waals surface area contributed by atoms with Gasteiger partial charge in [-0.1, -0.05) is 18.2 Å². The third-order valence-corrected chi connectivity index (χ3v) is 3.98. The second-order valence-electron chi connectivity index (χ2n) is 3.85. The lowest BCUT2D eigenvalue weighted by molar-refractivity contribution is 1.13. The third-order valence-electron chi connectivity index (χ3n) is 2.85. The van der Waals surface area contributed by atoms with Gasteiger partial charge >= 0.3 is 0 Å². The van der Waals surface area contributed by atoms with Crippen molar-refractivity contribution in [2.24, 2.45) is 0 Å². The van der Waals surface area contributed by atoms with Crippen LogP contribution in [0.25, 0.3) is 31.3 Å². The van der Waals surface area contributed by atoms with Crippen molar-refractivity contribution in [3.63, 3.8) is 0 Å². The Kier molecular flexibility index (Phi) is 1.70. The van der Waals surface area contributed by atoms with E-state index in [9.17, 15) is 0 Å². The van der Waals surface area contributed by atoms with Crippen molar-refractivity contribution in [1.82, 2.24) is 15.2 Å². The summed E-state index contributed by atoms with van der Waals surface area (Å²) in [5.41, 5.74) is 1.89. The summed E-state index contributed by atoms with van der Waals surface area (Å²) in [6, 6.07) is 12.1. The second kappa shape index (κ2) is 3.21. The van der Waals surface area contributed by atoms with Crippen LogP contribution >= 0.6 is 11.3 Å². The zero-order chi connectivity index (χ0) is 11.2. The number of benzene rings is 1. The highest BCUT2D eigenvalue weighted by Crippen LogP contribution is 2.34. The Labute approximate surface area is 101 Å². The van der Waals surface area contributed by atoms with E-state index in [0.29, 0.717) is 0 Å². The maximum Gasteiger partial charge on any atom is 0.126 e. The first-order chi connectivity index (χ1) is 8.43. The van der Waals surface area contributed by atoms with E-state index in [1.165, 1.54) is 4.70 Å². The first kappa shape index (κ1) is 9.01. The number of hydrogen-bond donors (Lipinski definition) is 0. The highest BCUT2D eigenvalue weighted by atomic mass is 32.1. The molecule has 0 unspecified atom stereocenters. The molecule has 0 atom stereocenters. The van der Waals surface area contributed by atoms with Gasteiger partial charge in [-0.05, 0) is 18.2 Å². The smallest absolute Gasteiger partial charge is 0.126 e. The van der Waals surface area contributed by atoms with E-state index >= 15 is 0 Å². The highest BCUT2D eigenvalue weighted by Gasteiger charge is 2.10. The van der Waals surface area contributed by atoms with Gasteiger partial charge in [0.25, 0.3) is 0 Å². The van der Waals surface area contributed by atoms with Crippen molar-refractivity contribution in [2.45, 2.75) is 0 Å². The van der Waals surface area contributed by atoms with E-state index in [1.54, 1.807) is 11.3 Å². The van der Waals surface area contributed by atoms with Crippen molar-refractivity contribution in [3.05, 3.63) is 42.6 Å². The number of fused-ring (bicyclic) bond motifs is 5. The van der Waals surface area contributed by atoms with E-state index in [4.69, 9.17) is 0 Å². The monoisotopic (exact) mass is 237 g/mol. The first-order valence-electron chi connectivity index (χ1n) is 5.32. The standard InChI is InChI=1S/C13H7N3S/c1-2-6-10-8(4-1)12-11(16-15-10)9-5-3-7-14-13(9)17-12/h1-7H. The molecule has 4 aromatic rings. The van der Waals surface area contributed by atoms with Crippen LogP contribution in [0.5, 0.6) is 0 Å². The molecule has 0 radical (unpaired) electrons. The van der Waals surface area contributed by atoms with Crippen LogP contribution in [0.3, 0.4) is 0 Å². The normalized spacial score (nSPS) is 11.5. The number of thiophene rings is 1. The number of hydrogen-bond acceptors (Lipinski definition) is 4. The van der Waals surface area contributed by atoms with Crippen LogP contribution in [-0.4, -0.2) is 15.2 Å². The molecule has 0 N–H and O–H groups in total. The topological polar surface area (TPSA) is 38.7 Å². The van der Waals surface area contributed by atoms with Gasteiger partial charge in [0.05, 0.1) is 10.2 Å². The molecule has 1 aromatic carbocycles. The minimum Gasteiger partial charge on any atom is -0.245 e. The molecule has 80 valence electrons. The molecule has 3 nitrogen and oxygen atoms in total. The molecule has 4 heteroatoms. The molecule has 4 rings (SSSR count). The van der Waals surface area contributed by atoms with Gasteiger partial charge in [0.15, 0.2) is 0 Å². The van der Waals surface area contributed by atoms with Crippen LogP contribution in [0.15, 0.2) is 42.6 Å². The summed E-state index contributed by atoms with van der Waals surface area (Å²) in [6.07, 6.45) is 1.81. The van der Waals surface area contributed by atoms with Crippen LogP contribution in [0.2, 0.25) is 0 Å². The zero-order valence-electron chi connectivity index (χ0n) is 8.79. The van der Waals surface area contributed by atoms with Gasteiger partial charge in [0.1, 0.15) is 10.3 Å². The maximum absolute atomic E-state index is 4.38. The predicted octanol–water partition coefficient (Wildman–Crippen LogP) is 3.39. The Balaban J connectivity index is 2.34. The molecular formula is C13H7N3S. The minimum absolute atomic E-state index is 0.937. The number of pyridine rings is 1. The van der Waals surface area contributed by atoms with Gasteiger partial charge < -0.3 is 0 Å². The van der Waals surface area contributed by atoms with Crippen LogP contribution < -0.4 is 0 Å². The molecule has 17 heavy (non-hydrogen) atoms. The first-order valence-corrected chi connectivity index (χ1v) is 6.14. The fraction of sp³-hybridized carbons (Fsp3) is 0. The number of rotatable bonds is 0. The maximum atomic E-state index is 4.38. The lowest BCUT2D eigenvalue weighted by Crippen LogP contribution is -1.83. The van der Waals surface area contributed by atoms with Crippen LogP contribution in [0.4, 0.5) is 0 Å². The fourth-order valence-electron chi connectivity index (χ4n) is 2.06. The van der Waals surface area contributed by atoms with Crippen molar-refractivity contribution in [3.8, 4) is 0 Å². The van der Waals surface area contributed by atoms with Crippen molar-refractivity contribution in [1.29, 1.82) is 0 Å². The Hall–Kier alpha value is -2.07. The summed E-state index contributed by atoms with van der Waals surface area (Å²) in [5.74, 6) is 0. The van der Waals surface area contributed by atoms with E-state index in [2.05, 4.69) is 21.2 Å². The number of nitrogens with zero attached hydrogens (tertiary/aromatic N) is 3. The van der Waals surface area contributed by atoms with Gasteiger partial charge in [0, 0.05) is 17.0 Å². The molecular weight excluding hydrogens is 230 g/mol. The molecule has 0 spiro atoms. The molecule has 0 fully saturated rings. The summed E-state index contributed by atoms with van der Waals surface area (Å²) in [7, 11) is 0. The molecule has 0 aliphatic rings. The van der Waals surface area contributed by atoms with Crippen molar-refractivity contribution >= 4 is 42.7 Å². The van der Waals surface area contributed by atoms with Gasteiger partial charge in [-0.15, -0.1) is 21.5 Å². The van der Waals surface area contributed by atoms with Crippen LogP contribution in [0, 0.1) is 0 Å². The summed E-state index contributed by atoms with van der Waals surface area (Å²) in [6.45, 7) is 0. The van der Waals surface area contributed by atoms with E-state index in [-0.39, 0.29) is 0 Å². The molecule has 3 aromatic heterocycles. The molecule has 0 aliphatic carbocycles. The Morgan fingerprint density at radius 1 is 0.882 bits per heavy atom. The Bertz CT molecular complexity index is 851. The predicted molar refractivity (Wildman–Crippen MR) is 70.2 cm³/mol. The summed E-state index contributed by atoms with van der Waals surface area (Å²) < 4.78 is 1.17. The van der Waals surface area contributed by atoms with E-state index in [0.717, 1.165) is 26.6 Å². The highest BCUT2D eigenvalue weighted by molar-refractivity contribution is 7.26. The van der Waals surface area contributed by atoms with Crippen LogP contribution in [-0.2, 0) is 0 Å². The van der Waals surface area contributed by atoms with Gasteiger partial charge in [-0.2, -0.15) is 0 Å². The Morgan fingerprint density at radius 3 is 2.76 bits per heavy atom. The van der Waals surface area contributed by atoms with Gasteiger partial charge in [-0.3, -0.25) is 0 Å². The molecule has 0 saturated heterocycles. The largest absolute Gasteiger partial charge is 0.245 e. The molecule has 0 amide bonds. The quantitative estimate of drug-likeness (QED) is 0.470. The molecule has 0 bridgehead atoms. The minimum atomic E-state index is 0.937. The van der Waals surface area contributed by atoms with Gasteiger partial charge in [0.2, 0.25) is 0 Å². The number of aromatic nitrogens is 3. The average Bonchev–Trinajstić information content (AvgIpc) is 2.78.